The number of unbranched alkanes of at least 4 members (excludes halogenated alkanes) is 3. The molecule has 1 fully saturated rings. The molecule has 0 saturated carbocycles. The van der Waals surface area contributed by atoms with Crippen LogP contribution in [-0.4, -0.2) is 25.3 Å². The summed E-state index contributed by atoms with van der Waals surface area (Å²) in [6.45, 7) is 2.24. The standard InChI is InChI=1S/C21H34O3/c1-3-4-13-16-19-20(24-19)17-14-11-9-7-5-6-8-10-12-15-18-21(22)23-2/h5,7-8,10-11,14,19-20H,3-4,6,9,12-13,15-18H2,1-2H3/b7-5+,10-8+,14-11+/t19-,20-/m1/s1. The van der Waals surface area contributed by atoms with Crippen LogP contribution in [-0.2, 0) is 14.3 Å². The number of carbonyl (C=O) groups is 1. The summed E-state index contributed by atoms with van der Waals surface area (Å²) in [6.07, 6.45) is 24.6. The Morgan fingerprint density at radius 2 is 1.67 bits per heavy atom. The second-order valence-electron chi connectivity index (χ2n) is 6.30. The number of hydrogen-bond donors (Lipinski definition) is 0. The Hall–Kier alpha value is -1.35. The molecule has 1 aliphatic rings. The van der Waals surface area contributed by atoms with Gasteiger partial charge in [0, 0.05) is 6.42 Å². The minimum Gasteiger partial charge on any atom is -0.469 e. The Balaban J connectivity index is 1.90. The van der Waals surface area contributed by atoms with Gasteiger partial charge in [-0.15, -0.1) is 0 Å². The van der Waals surface area contributed by atoms with Gasteiger partial charge in [0.05, 0.1) is 19.3 Å². The number of epoxide rings is 1. The molecule has 0 N–H and O–H groups in total. The Morgan fingerprint density at radius 1 is 0.958 bits per heavy atom. The van der Waals surface area contributed by atoms with Gasteiger partial charge >= 0.3 is 5.97 Å². The molecule has 1 rings (SSSR count). The maximum Gasteiger partial charge on any atom is 0.305 e. The fraction of sp³-hybridized carbons (Fsp3) is 0.667. The molecule has 24 heavy (non-hydrogen) atoms. The Labute approximate surface area is 147 Å². The molecular weight excluding hydrogens is 300 g/mol. The molecule has 3 heteroatoms. The van der Waals surface area contributed by atoms with Crippen LogP contribution in [0.5, 0.6) is 0 Å². The predicted molar refractivity (Wildman–Crippen MR) is 99.9 cm³/mol. The first-order chi connectivity index (χ1) is 11.8. The van der Waals surface area contributed by atoms with Crippen molar-refractivity contribution in [1.29, 1.82) is 0 Å². The third kappa shape index (κ3) is 11.2. The van der Waals surface area contributed by atoms with Gasteiger partial charge in [-0.2, -0.15) is 0 Å². The first-order valence-corrected chi connectivity index (χ1v) is 9.45. The second-order valence-corrected chi connectivity index (χ2v) is 6.30. The fourth-order valence-electron chi connectivity index (χ4n) is 2.59. The molecule has 0 bridgehead atoms. The van der Waals surface area contributed by atoms with E-state index < -0.39 is 0 Å². The van der Waals surface area contributed by atoms with Crippen LogP contribution in [0.15, 0.2) is 36.5 Å². The summed E-state index contributed by atoms with van der Waals surface area (Å²) in [6, 6.07) is 0. The number of rotatable bonds is 14. The van der Waals surface area contributed by atoms with E-state index in [4.69, 9.17) is 4.74 Å². The van der Waals surface area contributed by atoms with Crippen LogP contribution in [0.4, 0.5) is 0 Å². The molecule has 3 nitrogen and oxygen atoms in total. The van der Waals surface area contributed by atoms with Crippen molar-refractivity contribution in [2.24, 2.45) is 0 Å². The summed E-state index contributed by atoms with van der Waals surface area (Å²) in [5.41, 5.74) is 0. The number of allylic oxidation sites excluding steroid dienone is 5. The molecule has 0 aromatic rings. The van der Waals surface area contributed by atoms with Crippen LogP contribution in [0.3, 0.4) is 0 Å². The largest absolute Gasteiger partial charge is 0.469 e. The lowest BCUT2D eigenvalue weighted by Gasteiger charge is -1.95. The topological polar surface area (TPSA) is 38.8 Å². The molecule has 0 radical (unpaired) electrons. The third-order valence-electron chi connectivity index (χ3n) is 4.17. The molecule has 1 saturated heterocycles. The smallest absolute Gasteiger partial charge is 0.305 e. The van der Waals surface area contributed by atoms with Gasteiger partial charge in [0.2, 0.25) is 0 Å². The highest BCUT2D eigenvalue weighted by Gasteiger charge is 2.36. The van der Waals surface area contributed by atoms with Crippen LogP contribution in [0, 0.1) is 0 Å². The minimum atomic E-state index is -0.126. The van der Waals surface area contributed by atoms with Crippen molar-refractivity contribution in [1.82, 2.24) is 0 Å². The van der Waals surface area contributed by atoms with E-state index in [9.17, 15) is 4.79 Å². The van der Waals surface area contributed by atoms with E-state index in [2.05, 4.69) is 48.1 Å². The summed E-state index contributed by atoms with van der Waals surface area (Å²) in [5.74, 6) is -0.126. The van der Waals surface area contributed by atoms with Gasteiger partial charge in [-0.1, -0.05) is 62.6 Å². The van der Waals surface area contributed by atoms with Gasteiger partial charge in [-0.3, -0.25) is 4.79 Å². The number of hydrogen-bond acceptors (Lipinski definition) is 3. The van der Waals surface area contributed by atoms with E-state index in [1.807, 2.05) is 0 Å². The summed E-state index contributed by atoms with van der Waals surface area (Å²) in [4.78, 5) is 10.9. The zero-order chi connectivity index (χ0) is 17.5. The fourth-order valence-corrected chi connectivity index (χ4v) is 2.59. The van der Waals surface area contributed by atoms with E-state index in [0.29, 0.717) is 18.6 Å². The lowest BCUT2D eigenvalue weighted by molar-refractivity contribution is -0.140. The van der Waals surface area contributed by atoms with Crippen LogP contribution in [0.25, 0.3) is 0 Å². The molecule has 0 aliphatic carbocycles. The van der Waals surface area contributed by atoms with Crippen molar-refractivity contribution in [3.8, 4) is 0 Å². The van der Waals surface area contributed by atoms with Crippen LogP contribution >= 0.6 is 0 Å². The Kier molecular flexibility index (Phi) is 12.1. The van der Waals surface area contributed by atoms with Gasteiger partial charge in [-0.05, 0) is 38.5 Å². The molecule has 1 aliphatic heterocycles. The summed E-state index contributed by atoms with van der Waals surface area (Å²) >= 11 is 0. The average Bonchev–Trinajstić information content (AvgIpc) is 3.34. The van der Waals surface area contributed by atoms with Gasteiger partial charge in [0.1, 0.15) is 0 Å². The molecule has 1 heterocycles. The van der Waals surface area contributed by atoms with Crippen LogP contribution in [0.2, 0.25) is 0 Å². The van der Waals surface area contributed by atoms with Gasteiger partial charge in [0.15, 0.2) is 0 Å². The zero-order valence-corrected chi connectivity index (χ0v) is 15.4. The zero-order valence-electron chi connectivity index (χ0n) is 15.4. The maximum absolute atomic E-state index is 10.9. The van der Waals surface area contributed by atoms with Crippen molar-refractivity contribution in [3.63, 3.8) is 0 Å². The average molecular weight is 335 g/mol. The normalized spacial score (nSPS) is 20.4. The first kappa shape index (κ1) is 20.7. The number of carbonyl (C=O) groups excluding carboxylic acids is 1. The van der Waals surface area contributed by atoms with Crippen molar-refractivity contribution in [2.75, 3.05) is 7.11 Å². The van der Waals surface area contributed by atoms with Crippen molar-refractivity contribution >= 4 is 5.97 Å². The van der Waals surface area contributed by atoms with Crippen molar-refractivity contribution < 1.29 is 14.3 Å². The molecule has 0 spiro atoms. The van der Waals surface area contributed by atoms with Crippen LogP contribution < -0.4 is 0 Å². The van der Waals surface area contributed by atoms with E-state index in [0.717, 1.165) is 32.1 Å². The minimum absolute atomic E-state index is 0.126. The monoisotopic (exact) mass is 334 g/mol. The lowest BCUT2D eigenvalue weighted by Crippen LogP contribution is -1.98. The highest BCUT2D eigenvalue weighted by molar-refractivity contribution is 5.69. The van der Waals surface area contributed by atoms with E-state index in [1.54, 1.807) is 0 Å². The molecule has 0 unspecified atom stereocenters. The van der Waals surface area contributed by atoms with Crippen LogP contribution in [0.1, 0.15) is 71.1 Å². The summed E-state index contributed by atoms with van der Waals surface area (Å²) < 4.78 is 10.3. The van der Waals surface area contributed by atoms with E-state index in [-0.39, 0.29) is 5.97 Å². The highest BCUT2D eigenvalue weighted by Crippen LogP contribution is 2.30. The third-order valence-corrected chi connectivity index (χ3v) is 4.17. The Morgan fingerprint density at radius 3 is 2.38 bits per heavy atom. The Bertz CT molecular complexity index is 409. The number of esters is 1. The van der Waals surface area contributed by atoms with Crippen molar-refractivity contribution in [2.45, 2.75) is 83.3 Å². The molecule has 136 valence electrons. The highest BCUT2D eigenvalue weighted by atomic mass is 16.6. The van der Waals surface area contributed by atoms with Crippen molar-refractivity contribution in [3.05, 3.63) is 36.5 Å². The summed E-state index contributed by atoms with van der Waals surface area (Å²) in [7, 11) is 1.43. The number of ether oxygens (including phenoxy) is 2. The molecular formula is C21H34O3. The van der Waals surface area contributed by atoms with E-state index >= 15 is 0 Å². The first-order valence-electron chi connectivity index (χ1n) is 9.45. The van der Waals surface area contributed by atoms with Gasteiger partial charge < -0.3 is 9.47 Å². The number of methoxy groups -OCH3 is 1. The lowest BCUT2D eigenvalue weighted by atomic mass is 10.1. The molecule has 0 aromatic heterocycles. The summed E-state index contributed by atoms with van der Waals surface area (Å²) in [5, 5.41) is 0. The molecule has 0 aromatic carbocycles. The molecule has 2 atom stereocenters. The predicted octanol–water partition coefficient (Wildman–Crippen LogP) is 5.52. The van der Waals surface area contributed by atoms with Gasteiger partial charge in [0.25, 0.3) is 0 Å². The second kappa shape index (κ2) is 14.0. The maximum atomic E-state index is 10.9. The SMILES string of the molecule is CCCCC[C@H]1O[C@@H]1C/C=C/C/C=C/C/C=C/CCCC(=O)OC. The quantitative estimate of drug-likeness (QED) is 0.182. The van der Waals surface area contributed by atoms with Gasteiger partial charge in [-0.25, -0.2) is 0 Å². The van der Waals surface area contributed by atoms with E-state index in [1.165, 1.54) is 32.8 Å². The molecule has 0 amide bonds.